The van der Waals surface area contributed by atoms with E-state index in [2.05, 4.69) is 0 Å². The zero-order valence-electron chi connectivity index (χ0n) is 7.53. The Labute approximate surface area is 88.1 Å². The Morgan fingerprint density at radius 3 is 2.20 bits per heavy atom. The molecule has 0 spiro atoms. The summed E-state index contributed by atoms with van der Waals surface area (Å²) in [5, 5.41) is 8.31. The summed E-state index contributed by atoms with van der Waals surface area (Å²) in [4.78, 5) is 10.2. The van der Waals surface area contributed by atoms with Crippen LogP contribution in [0.5, 0.6) is 5.75 Å². The first kappa shape index (κ1) is 11.8. The molecule has 0 atom stereocenters. The van der Waals surface area contributed by atoms with Crippen molar-refractivity contribution in [3.63, 3.8) is 0 Å². The van der Waals surface area contributed by atoms with Gasteiger partial charge in [0.2, 0.25) is 0 Å². The minimum atomic E-state index is -4.85. The average molecular weight is 276 g/mol. The predicted molar refractivity (Wildman–Crippen MR) is 50.1 cm³/mol. The van der Waals surface area contributed by atoms with Crippen molar-refractivity contribution in [1.82, 2.24) is 0 Å². The third-order valence-electron chi connectivity index (χ3n) is 1.54. The molecule has 0 radical (unpaired) electrons. The second-order valence-electron chi connectivity index (χ2n) is 2.72. The van der Waals surface area contributed by atoms with Crippen LogP contribution in [-0.2, 0) is 8.53 Å². The summed E-state index contributed by atoms with van der Waals surface area (Å²) < 4.78 is 33.2. The summed E-state index contributed by atoms with van der Waals surface area (Å²) in [5.41, 5.74) is 0. The molecule has 15 heavy (non-hydrogen) atoms. The Hall–Kier alpha value is -1.23. The molecule has 0 aliphatic heterocycles. The summed E-state index contributed by atoms with van der Waals surface area (Å²) in [7, 11) is 0. The predicted octanol–water partition coefficient (Wildman–Crippen LogP) is -1.29. The van der Waals surface area contributed by atoms with Crippen LogP contribution in [0.3, 0.4) is 0 Å². The molecule has 0 saturated carbocycles. The third-order valence-corrected chi connectivity index (χ3v) is 3.57. The second-order valence-corrected chi connectivity index (χ2v) is 6.09. The van der Waals surface area contributed by atoms with Crippen LogP contribution in [-0.4, -0.2) is 40.0 Å². The zero-order valence-corrected chi connectivity index (χ0v) is 9.41. The van der Waals surface area contributed by atoms with Gasteiger partial charge in [0.1, 0.15) is 0 Å². The average Bonchev–Trinajstić information content (AvgIpc) is 2.14. The van der Waals surface area contributed by atoms with Gasteiger partial charge in [-0.2, -0.15) is 0 Å². The van der Waals surface area contributed by atoms with Gasteiger partial charge in [0.15, 0.2) is 0 Å². The first-order valence-corrected chi connectivity index (χ1v) is 7.28. The molecule has 0 unspecified atom stereocenters. The Bertz CT molecular complexity index is 392. The van der Waals surface area contributed by atoms with Gasteiger partial charge in [-0.25, -0.2) is 0 Å². The molecule has 0 bridgehead atoms. The maximum absolute atomic E-state index is 10.8. The van der Waals surface area contributed by atoms with E-state index in [0.717, 1.165) is 0 Å². The number of hydrogen-bond acceptors (Lipinski definition) is 3. The van der Waals surface area contributed by atoms with E-state index in [1.165, 1.54) is 24.3 Å². The molecule has 0 fully saturated rings. The standard InChI is InChI=1S/C8H9AsO6/c10-8(11)5-15-7-3-1-6(2-4-7)9(12,13)14/h1-4H,5H2,(H,10,11)(H2,12,13,14). The van der Waals surface area contributed by atoms with E-state index in [-0.39, 0.29) is 10.1 Å². The van der Waals surface area contributed by atoms with Gasteiger partial charge in [0.05, 0.1) is 0 Å². The molecule has 1 rings (SSSR count). The maximum atomic E-state index is 10.8. The first-order valence-electron chi connectivity index (χ1n) is 3.90. The summed E-state index contributed by atoms with van der Waals surface area (Å²) in [6, 6.07) is 5.08. The number of benzene rings is 1. The van der Waals surface area contributed by atoms with Gasteiger partial charge >= 0.3 is 87.7 Å². The van der Waals surface area contributed by atoms with Crippen LogP contribution < -0.4 is 9.09 Å². The first-order chi connectivity index (χ1) is 6.89. The normalized spacial score (nSPS) is 11.1. The van der Waals surface area contributed by atoms with Gasteiger partial charge in [0.25, 0.3) is 0 Å². The number of rotatable bonds is 4. The van der Waals surface area contributed by atoms with E-state index in [1.54, 1.807) is 0 Å². The number of carboxylic acid groups (broad SMARTS) is 1. The molecule has 0 aromatic heterocycles. The minimum absolute atomic E-state index is 0.0733. The van der Waals surface area contributed by atoms with Gasteiger partial charge in [0, 0.05) is 0 Å². The van der Waals surface area contributed by atoms with Crippen LogP contribution in [0.15, 0.2) is 24.3 Å². The summed E-state index contributed by atoms with van der Waals surface area (Å²) in [6.45, 7) is -0.486. The molecular formula is C8H9AsO6. The quantitative estimate of drug-likeness (QED) is 0.591. The Kier molecular flexibility index (Phi) is 3.57. The zero-order chi connectivity index (χ0) is 11.5. The fourth-order valence-corrected chi connectivity index (χ4v) is 2.01. The fraction of sp³-hybridized carbons (Fsp3) is 0.125. The second kappa shape index (κ2) is 4.53. The van der Waals surface area contributed by atoms with Gasteiger partial charge < -0.3 is 0 Å². The molecule has 0 aliphatic carbocycles. The van der Waals surface area contributed by atoms with Crippen LogP contribution in [0.2, 0.25) is 0 Å². The molecule has 6 nitrogen and oxygen atoms in total. The SMILES string of the molecule is O=C(O)COc1ccc([As](=O)(O)O)cc1. The van der Waals surface area contributed by atoms with Gasteiger partial charge in [-0.1, -0.05) is 0 Å². The molecule has 82 valence electrons. The van der Waals surface area contributed by atoms with Crippen molar-refractivity contribution in [3.05, 3.63) is 24.3 Å². The number of carbonyl (C=O) groups is 1. The van der Waals surface area contributed by atoms with E-state index < -0.39 is 26.7 Å². The summed E-state index contributed by atoms with van der Waals surface area (Å²) in [6.07, 6.45) is 0. The molecule has 7 heteroatoms. The monoisotopic (exact) mass is 276 g/mol. The number of ether oxygens (including phenoxy) is 1. The van der Waals surface area contributed by atoms with E-state index in [0.29, 0.717) is 0 Å². The van der Waals surface area contributed by atoms with Crippen molar-refractivity contribution < 1.29 is 26.6 Å². The van der Waals surface area contributed by atoms with Crippen LogP contribution in [0.4, 0.5) is 0 Å². The molecule has 3 N–H and O–H groups in total. The number of carboxylic acids is 1. The Balaban J connectivity index is 2.73. The molecule has 1 aromatic rings. The van der Waals surface area contributed by atoms with Crippen LogP contribution >= 0.6 is 0 Å². The fourth-order valence-electron chi connectivity index (χ4n) is 0.882. The Morgan fingerprint density at radius 2 is 1.80 bits per heavy atom. The molecule has 1 aromatic carbocycles. The number of aliphatic carboxylic acids is 1. The Morgan fingerprint density at radius 1 is 1.27 bits per heavy atom. The molecule has 0 saturated heterocycles. The van der Waals surface area contributed by atoms with Crippen LogP contribution in [0.1, 0.15) is 0 Å². The van der Waals surface area contributed by atoms with Gasteiger partial charge in [-0.15, -0.1) is 0 Å². The van der Waals surface area contributed by atoms with Crippen molar-refractivity contribution >= 4 is 24.5 Å². The van der Waals surface area contributed by atoms with Crippen LogP contribution in [0.25, 0.3) is 0 Å². The van der Waals surface area contributed by atoms with Gasteiger partial charge in [-0.05, 0) is 0 Å². The summed E-state index contributed by atoms with van der Waals surface area (Å²) >= 11 is -4.85. The molecule has 0 aliphatic rings. The third kappa shape index (κ3) is 3.79. The molecule has 0 amide bonds. The van der Waals surface area contributed by atoms with E-state index in [4.69, 9.17) is 18.0 Å². The van der Waals surface area contributed by atoms with Gasteiger partial charge in [-0.3, -0.25) is 0 Å². The topological polar surface area (TPSA) is 104 Å². The van der Waals surface area contributed by atoms with Crippen molar-refractivity contribution in [2.45, 2.75) is 0 Å². The van der Waals surface area contributed by atoms with Crippen molar-refractivity contribution in [2.24, 2.45) is 0 Å². The van der Waals surface area contributed by atoms with E-state index >= 15 is 0 Å². The van der Waals surface area contributed by atoms with Crippen molar-refractivity contribution in [3.8, 4) is 5.75 Å². The van der Waals surface area contributed by atoms with Crippen molar-refractivity contribution in [2.75, 3.05) is 6.61 Å². The van der Waals surface area contributed by atoms with Crippen LogP contribution in [0, 0.1) is 0 Å². The number of hydrogen-bond donors (Lipinski definition) is 3. The molecular weight excluding hydrogens is 267 g/mol. The van der Waals surface area contributed by atoms with E-state index in [9.17, 15) is 8.53 Å². The summed E-state index contributed by atoms with van der Waals surface area (Å²) in [5.74, 6) is -0.858. The van der Waals surface area contributed by atoms with Crippen molar-refractivity contribution in [1.29, 1.82) is 0 Å². The van der Waals surface area contributed by atoms with E-state index in [1.807, 2.05) is 0 Å². The molecule has 0 heterocycles.